The average molecular weight is 385 g/mol. The second-order valence-corrected chi connectivity index (χ2v) is 5.86. The molecule has 2 aromatic carbocycles. The second-order valence-electron chi connectivity index (χ2n) is 4.94. The monoisotopic (exact) mass is 384 g/mol. The normalized spacial score (nSPS) is 10.2. The Labute approximate surface area is 146 Å². The zero-order valence-electron chi connectivity index (χ0n) is 12.4. The second kappa shape index (κ2) is 7.10. The van der Waals surface area contributed by atoms with E-state index in [-0.39, 0.29) is 0 Å². The molecule has 0 atom stereocenters. The molecule has 1 aromatic heterocycles. The SMILES string of the molecule is O=C(NNC(=O)c1cn[nH]c1-c1ccccc1)c1ccc(Br)cc1. The van der Waals surface area contributed by atoms with E-state index in [9.17, 15) is 9.59 Å². The van der Waals surface area contributed by atoms with Gasteiger partial charge in [-0.3, -0.25) is 25.5 Å². The molecule has 3 aromatic rings. The number of nitrogens with zero attached hydrogens (tertiary/aromatic N) is 1. The zero-order valence-corrected chi connectivity index (χ0v) is 14.0. The number of rotatable bonds is 3. The number of carbonyl (C=O) groups is 2. The lowest BCUT2D eigenvalue weighted by molar-refractivity contribution is 0.0847. The van der Waals surface area contributed by atoms with Gasteiger partial charge in [-0.15, -0.1) is 0 Å². The number of carbonyl (C=O) groups excluding carboxylic acids is 2. The molecule has 0 spiro atoms. The summed E-state index contributed by atoms with van der Waals surface area (Å²) in [6, 6.07) is 16.2. The smallest absolute Gasteiger partial charge is 0.273 e. The van der Waals surface area contributed by atoms with E-state index in [1.165, 1.54) is 6.20 Å². The lowest BCUT2D eigenvalue weighted by Crippen LogP contribution is -2.41. The Bertz CT molecular complexity index is 860. The molecule has 0 radical (unpaired) electrons. The van der Waals surface area contributed by atoms with Crippen LogP contribution in [-0.2, 0) is 0 Å². The number of aromatic nitrogens is 2. The van der Waals surface area contributed by atoms with Crippen molar-refractivity contribution in [2.24, 2.45) is 0 Å². The molecule has 24 heavy (non-hydrogen) atoms. The van der Waals surface area contributed by atoms with Crippen molar-refractivity contribution >= 4 is 27.7 Å². The molecule has 2 amide bonds. The number of hydrazine groups is 1. The highest BCUT2D eigenvalue weighted by atomic mass is 79.9. The largest absolute Gasteiger partial charge is 0.277 e. The topological polar surface area (TPSA) is 86.9 Å². The van der Waals surface area contributed by atoms with Crippen LogP contribution < -0.4 is 10.9 Å². The molecule has 0 unspecified atom stereocenters. The third-order valence-electron chi connectivity index (χ3n) is 3.34. The van der Waals surface area contributed by atoms with Crippen LogP contribution in [0.25, 0.3) is 11.3 Å². The van der Waals surface area contributed by atoms with Crippen LogP contribution in [-0.4, -0.2) is 22.0 Å². The zero-order chi connectivity index (χ0) is 16.9. The molecule has 0 aliphatic rings. The van der Waals surface area contributed by atoms with Crippen molar-refractivity contribution < 1.29 is 9.59 Å². The first-order valence-electron chi connectivity index (χ1n) is 7.10. The van der Waals surface area contributed by atoms with Gasteiger partial charge in [0, 0.05) is 15.6 Å². The van der Waals surface area contributed by atoms with Crippen LogP contribution in [0.4, 0.5) is 0 Å². The summed E-state index contributed by atoms with van der Waals surface area (Å²) < 4.78 is 0.869. The molecule has 6 nitrogen and oxygen atoms in total. The third-order valence-corrected chi connectivity index (χ3v) is 3.87. The average Bonchev–Trinajstić information content (AvgIpc) is 3.10. The summed E-state index contributed by atoms with van der Waals surface area (Å²) in [7, 11) is 0. The van der Waals surface area contributed by atoms with E-state index in [0.717, 1.165) is 10.0 Å². The Kier molecular flexibility index (Phi) is 4.72. The first-order valence-corrected chi connectivity index (χ1v) is 7.89. The van der Waals surface area contributed by atoms with Gasteiger partial charge in [-0.25, -0.2) is 0 Å². The standard InChI is InChI=1S/C17H13BrN4O2/c18-13-8-6-12(7-9-13)16(23)21-22-17(24)14-10-19-20-15(14)11-4-2-1-3-5-11/h1-10H,(H,19,20)(H,21,23)(H,22,24). The lowest BCUT2D eigenvalue weighted by Gasteiger charge is -2.08. The Morgan fingerprint density at radius 2 is 1.58 bits per heavy atom. The number of aromatic amines is 1. The highest BCUT2D eigenvalue weighted by Gasteiger charge is 2.16. The molecule has 3 rings (SSSR count). The Morgan fingerprint density at radius 3 is 2.29 bits per heavy atom. The van der Waals surface area contributed by atoms with Gasteiger partial charge >= 0.3 is 0 Å². The molecular weight excluding hydrogens is 372 g/mol. The Hall–Kier alpha value is -2.93. The van der Waals surface area contributed by atoms with Gasteiger partial charge in [0.05, 0.1) is 17.5 Å². The highest BCUT2D eigenvalue weighted by Crippen LogP contribution is 2.20. The molecule has 0 saturated carbocycles. The Morgan fingerprint density at radius 1 is 0.917 bits per heavy atom. The third kappa shape index (κ3) is 3.52. The van der Waals surface area contributed by atoms with Crippen LogP contribution in [0.1, 0.15) is 20.7 Å². The van der Waals surface area contributed by atoms with Crippen molar-refractivity contribution in [3.8, 4) is 11.3 Å². The maximum atomic E-state index is 12.3. The highest BCUT2D eigenvalue weighted by molar-refractivity contribution is 9.10. The number of hydrogen-bond donors (Lipinski definition) is 3. The summed E-state index contributed by atoms with van der Waals surface area (Å²) in [6.07, 6.45) is 1.42. The van der Waals surface area contributed by atoms with Gasteiger partial charge in [0.2, 0.25) is 0 Å². The quantitative estimate of drug-likeness (QED) is 0.606. The fourth-order valence-corrected chi connectivity index (χ4v) is 2.40. The summed E-state index contributed by atoms with van der Waals surface area (Å²) in [5.74, 6) is -0.853. The van der Waals surface area contributed by atoms with Gasteiger partial charge in [-0.2, -0.15) is 5.10 Å². The molecular formula is C17H13BrN4O2. The van der Waals surface area contributed by atoms with E-state index in [1.54, 1.807) is 24.3 Å². The van der Waals surface area contributed by atoms with Crippen molar-refractivity contribution in [3.05, 3.63) is 76.4 Å². The molecule has 0 saturated heterocycles. The number of halogens is 1. The number of benzene rings is 2. The molecule has 0 bridgehead atoms. The maximum Gasteiger partial charge on any atom is 0.273 e. The number of amides is 2. The van der Waals surface area contributed by atoms with E-state index in [2.05, 4.69) is 37.0 Å². The van der Waals surface area contributed by atoms with Crippen LogP contribution in [0, 0.1) is 0 Å². The molecule has 0 aliphatic heterocycles. The summed E-state index contributed by atoms with van der Waals surface area (Å²) in [5, 5.41) is 6.71. The minimum atomic E-state index is -0.451. The maximum absolute atomic E-state index is 12.3. The van der Waals surface area contributed by atoms with Crippen molar-refractivity contribution in [3.63, 3.8) is 0 Å². The summed E-state index contributed by atoms with van der Waals surface area (Å²) in [5.41, 5.74) is 6.99. The molecule has 1 heterocycles. The Balaban J connectivity index is 1.69. The molecule has 0 fully saturated rings. The van der Waals surface area contributed by atoms with Gasteiger partial charge in [-0.1, -0.05) is 46.3 Å². The minimum absolute atomic E-state index is 0.345. The number of nitrogens with one attached hydrogen (secondary N) is 3. The molecule has 0 aliphatic carbocycles. The molecule has 7 heteroatoms. The van der Waals surface area contributed by atoms with E-state index in [1.807, 2.05) is 30.3 Å². The van der Waals surface area contributed by atoms with E-state index in [0.29, 0.717) is 16.8 Å². The van der Waals surface area contributed by atoms with Crippen LogP contribution in [0.3, 0.4) is 0 Å². The van der Waals surface area contributed by atoms with Crippen LogP contribution in [0.2, 0.25) is 0 Å². The van der Waals surface area contributed by atoms with Gasteiger partial charge in [0.25, 0.3) is 11.8 Å². The number of H-pyrrole nitrogens is 1. The van der Waals surface area contributed by atoms with Gasteiger partial charge in [0.1, 0.15) is 0 Å². The predicted octanol–water partition coefficient (Wildman–Crippen LogP) is 2.91. The van der Waals surface area contributed by atoms with Gasteiger partial charge < -0.3 is 0 Å². The van der Waals surface area contributed by atoms with Crippen LogP contribution >= 0.6 is 15.9 Å². The number of hydrogen-bond acceptors (Lipinski definition) is 3. The fourth-order valence-electron chi connectivity index (χ4n) is 2.14. The predicted molar refractivity (Wildman–Crippen MR) is 93.1 cm³/mol. The van der Waals surface area contributed by atoms with Crippen molar-refractivity contribution in [2.45, 2.75) is 0 Å². The van der Waals surface area contributed by atoms with E-state index >= 15 is 0 Å². The van der Waals surface area contributed by atoms with Gasteiger partial charge in [-0.05, 0) is 24.3 Å². The summed E-state index contributed by atoms with van der Waals surface area (Å²) >= 11 is 3.30. The molecule has 120 valence electrons. The lowest BCUT2D eigenvalue weighted by atomic mass is 10.1. The van der Waals surface area contributed by atoms with Crippen LogP contribution in [0.15, 0.2) is 65.3 Å². The van der Waals surface area contributed by atoms with Crippen molar-refractivity contribution in [1.82, 2.24) is 21.0 Å². The molecule has 3 N–H and O–H groups in total. The van der Waals surface area contributed by atoms with E-state index in [4.69, 9.17) is 0 Å². The van der Waals surface area contributed by atoms with Crippen LogP contribution in [0.5, 0.6) is 0 Å². The van der Waals surface area contributed by atoms with Gasteiger partial charge in [0.15, 0.2) is 0 Å². The van der Waals surface area contributed by atoms with Crippen molar-refractivity contribution in [2.75, 3.05) is 0 Å². The summed E-state index contributed by atoms with van der Waals surface area (Å²) in [4.78, 5) is 24.3. The van der Waals surface area contributed by atoms with E-state index < -0.39 is 11.8 Å². The first kappa shape index (κ1) is 15.9. The first-order chi connectivity index (χ1) is 11.6. The summed E-state index contributed by atoms with van der Waals surface area (Å²) in [6.45, 7) is 0. The minimum Gasteiger partial charge on any atom is -0.277 e. The fraction of sp³-hybridized carbons (Fsp3) is 0. The van der Waals surface area contributed by atoms with Crippen molar-refractivity contribution in [1.29, 1.82) is 0 Å².